The predicted octanol–water partition coefficient (Wildman–Crippen LogP) is 5.33. The molecule has 10 nitrogen and oxygen atoms in total. The molecule has 0 amide bonds. The van der Waals surface area contributed by atoms with Crippen LogP contribution in [0.15, 0.2) is 36.4 Å². The van der Waals surface area contributed by atoms with E-state index in [4.69, 9.17) is 10.2 Å². The molecular weight excluding hydrogens is 664 g/mol. The number of carboxylic acid groups (broad SMARTS) is 2. The highest BCUT2D eigenvalue weighted by Gasteiger charge is 2.47. The number of halogens is 12. The Morgan fingerprint density at radius 3 is 1.00 bits per heavy atom. The topological polar surface area (TPSA) is 167 Å². The lowest BCUT2D eigenvalue weighted by atomic mass is 10.1. The van der Waals surface area contributed by atoms with E-state index in [2.05, 4.69) is 0 Å². The second-order valence-corrected chi connectivity index (χ2v) is 10.6. The monoisotopic (exact) mass is 674 g/mol. The second-order valence-electron chi connectivity index (χ2n) is 7.23. The molecule has 0 aromatic heterocycles. The fourth-order valence-electron chi connectivity index (χ4n) is 2.39. The number of carbonyl (C=O) groups is 2. The molecule has 2 aromatic rings. The van der Waals surface area contributed by atoms with E-state index in [1.54, 1.807) is 0 Å². The van der Waals surface area contributed by atoms with Crippen LogP contribution in [0.4, 0.5) is 64.1 Å². The van der Waals surface area contributed by atoms with Crippen LogP contribution in [0.2, 0.25) is 0 Å². The minimum absolute atomic E-state index is 0.0350. The molecular formula is C18H10F12N2O8S2. The van der Waals surface area contributed by atoms with E-state index in [1.165, 1.54) is 0 Å². The van der Waals surface area contributed by atoms with Gasteiger partial charge in [0.15, 0.2) is 0 Å². The van der Waals surface area contributed by atoms with Gasteiger partial charge in [0.1, 0.15) is 0 Å². The maximum atomic E-state index is 12.4. The van der Waals surface area contributed by atoms with Gasteiger partial charge in [0.05, 0.1) is 33.6 Å². The minimum Gasteiger partial charge on any atom is -0.478 e. The van der Waals surface area contributed by atoms with Crippen molar-refractivity contribution in [2.24, 2.45) is 0 Å². The highest BCUT2D eigenvalue weighted by molar-refractivity contribution is 7.93. The van der Waals surface area contributed by atoms with Crippen LogP contribution in [0, 0.1) is 0 Å². The third-order valence-electron chi connectivity index (χ3n) is 4.25. The van der Waals surface area contributed by atoms with Gasteiger partial charge in [-0.1, -0.05) is 0 Å². The Morgan fingerprint density at radius 1 is 0.548 bits per heavy atom. The Kier molecular flexibility index (Phi) is 10.1. The van der Waals surface area contributed by atoms with Gasteiger partial charge in [0.25, 0.3) is 0 Å². The molecule has 0 aliphatic heterocycles. The van der Waals surface area contributed by atoms with Crippen LogP contribution >= 0.6 is 0 Å². The van der Waals surface area contributed by atoms with E-state index < -0.39 is 89.0 Å². The molecule has 0 fully saturated rings. The Hall–Kier alpha value is -3.96. The van der Waals surface area contributed by atoms with Gasteiger partial charge in [-0.15, -0.1) is 0 Å². The molecule has 2 aromatic carbocycles. The summed E-state index contributed by atoms with van der Waals surface area (Å²) in [5.74, 6) is -3.80. The molecule has 4 N–H and O–H groups in total. The van der Waals surface area contributed by atoms with Gasteiger partial charge < -0.3 is 10.2 Å². The first-order valence-electron chi connectivity index (χ1n) is 9.58. The zero-order valence-electron chi connectivity index (χ0n) is 19.2. The Bertz CT molecular complexity index is 1450. The summed E-state index contributed by atoms with van der Waals surface area (Å²) in [5.41, 5.74) is -19.4. The summed E-state index contributed by atoms with van der Waals surface area (Å²) in [6.07, 6.45) is -9.98. The smallest absolute Gasteiger partial charge is 0.478 e. The van der Waals surface area contributed by atoms with Crippen molar-refractivity contribution in [2.75, 3.05) is 9.44 Å². The van der Waals surface area contributed by atoms with E-state index in [1.807, 2.05) is 0 Å². The van der Waals surface area contributed by atoms with Crippen molar-refractivity contribution in [3.8, 4) is 0 Å². The summed E-state index contributed by atoms with van der Waals surface area (Å²) in [5, 5.41) is 17.3. The first-order chi connectivity index (χ1) is 18.5. The lowest BCUT2D eigenvalue weighted by molar-refractivity contribution is -0.138. The molecule has 0 heterocycles. The van der Waals surface area contributed by atoms with Crippen molar-refractivity contribution in [2.45, 2.75) is 23.4 Å². The first kappa shape index (κ1) is 36.1. The fraction of sp³-hybridized carbons (Fsp3) is 0.222. The number of carboxylic acids is 2. The van der Waals surface area contributed by atoms with Gasteiger partial charge in [0, 0.05) is 0 Å². The highest BCUT2D eigenvalue weighted by Crippen LogP contribution is 2.35. The number of benzene rings is 2. The number of hydrogen-bond acceptors (Lipinski definition) is 6. The normalized spacial score (nSPS) is 13.0. The van der Waals surface area contributed by atoms with Crippen LogP contribution in [-0.2, 0) is 32.4 Å². The van der Waals surface area contributed by atoms with Crippen molar-refractivity contribution in [3.63, 3.8) is 0 Å². The van der Waals surface area contributed by atoms with Gasteiger partial charge in [0.2, 0.25) is 0 Å². The average Bonchev–Trinajstić information content (AvgIpc) is 2.75. The Labute approximate surface area is 224 Å². The Morgan fingerprint density at radius 2 is 0.810 bits per heavy atom. The molecule has 0 spiro atoms. The molecule has 236 valence electrons. The summed E-state index contributed by atoms with van der Waals surface area (Å²) in [6, 6.07) is 1.22. The van der Waals surface area contributed by atoms with Crippen molar-refractivity contribution < 1.29 is 89.3 Å². The third kappa shape index (κ3) is 9.02. The fourth-order valence-corrected chi connectivity index (χ4v) is 3.54. The zero-order valence-corrected chi connectivity index (χ0v) is 20.8. The minimum atomic E-state index is -6.05. The number of aromatic carboxylic acids is 2. The summed E-state index contributed by atoms with van der Waals surface area (Å²) in [7, 11) is -12.1. The van der Waals surface area contributed by atoms with Crippen molar-refractivity contribution in [1.82, 2.24) is 0 Å². The van der Waals surface area contributed by atoms with Gasteiger partial charge in [-0.3, -0.25) is 9.44 Å². The number of hydrogen-bond donors (Lipinski definition) is 4. The maximum absolute atomic E-state index is 12.4. The number of sulfonamides is 2. The molecule has 0 radical (unpaired) electrons. The predicted molar refractivity (Wildman–Crippen MR) is 114 cm³/mol. The molecule has 0 atom stereocenters. The van der Waals surface area contributed by atoms with Crippen LogP contribution in [0.3, 0.4) is 0 Å². The van der Waals surface area contributed by atoms with Gasteiger partial charge in [-0.25, -0.2) is 9.59 Å². The van der Waals surface area contributed by atoms with Crippen molar-refractivity contribution in [3.05, 3.63) is 58.7 Å². The number of alkyl halides is 12. The number of rotatable bonds is 6. The SMILES string of the molecule is O=C(O)c1ccc(C(F)(F)F)cc1NS(=O)(=O)C(F)(F)F.O=C(O)c1ccc(C(F)(F)F)cc1NS(=O)(=O)C(F)(F)F. The van der Waals surface area contributed by atoms with E-state index in [-0.39, 0.29) is 12.1 Å². The molecule has 2 rings (SSSR count). The number of nitrogens with one attached hydrogen (secondary N) is 2. The van der Waals surface area contributed by atoms with E-state index in [0.29, 0.717) is 24.3 Å². The molecule has 0 aliphatic rings. The van der Waals surface area contributed by atoms with Gasteiger partial charge >= 0.3 is 55.4 Å². The average molecular weight is 674 g/mol. The molecule has 42 heavy (non-hydrogen) atoms. The standard InChI is InChI=1S/2C9H5F6NO4S/c2*10-8(11,12)4-1-2-5(7(17)18)6(3-4)16-21(19,20)9(13,14)15/h2*1-3,16H,(H,17,18). The number of anilines is 2. The quantitative estimate of drug-likeness (QED) is 0.299. The van der Waals surface area contributed by atoms with Gasteiger partial charge in [-0.2, -0.15) is 69.5 Å². The van der Waals surface area contributed by atoms with Crippen LogP contribution in [0.5, 0.6) is 0 Å². The third-order valence-corrected chi connectivity index (χ3v) is 6.45. The van der Waals surface area contributed by atoms with Crippen LogP contribution in [-0.4, -0.2) is 50.0 Å². The lowest BCUT2D eigenvalue weighted by Crippen LogP contribution is -2.30. The summed E-state index contributed by atoms with van der Waals surface area (Å²) in [4.78, 5) is 21.4. The Balaban J connectivity index is 0.000000420. The van der Waals surface area contributed by atoms with Crippen LogP contribution in [0.1, 0.15) is 31.8 Å². The molecule has 0 saturated heterocycles. The van der Waals surface area contributed by atoms with Gasteiger partial charge in [-0.05, 0) is 36.4 Å². The lowest BCUT2D eigenvalue weighted by Gasteiger charge is -2.14. The first-order valence-corrected chi connectivity index (χ1v) is 12.5. The van der Waals surface area contributed by atoms with Crippen molar-refractivity contribution >= 4 is 43.4 Å². The molecule has 24 heteroatoms. The van der Waals surface area contributed by atoms with E-state index in [0.717, 1.165) is 9.44 Å². The molecule has 0 saturated carbocycles. The second kappa shape index (κ2) is 11.7. The highest BCUT2D eigenvalue weighted by atomic mass is 32.2. The van der Waals surface area contributed by atoms with Crippen LogP contribution < -0.4 is 9.44 Å². The summed E-state index contributed by atoms with van der Waals surface area (Å²) >= 11 is 0. The maximum Gasteiger partial charge on any atom is 0.516 e. The zero-order chi connectivity index (χ0) is 33.3. The molecule has 0 bridgehead atoms. The van der Waals surface area contributed by atoms with E-state index >= 15 is 0 Å². The van der Waals surface area contributed by atoms with Crippen molar-refractivity contribution in [1.29, 1.82) is 0 Å². The van der Waals surface area contributed by atoms with Crippen LogP contribution in [0.25, 0.3) is 0 Å². The summed E-state index contributed by atoms with van der Waals surface area (Å²) in [6.45, 7) is 0. The largest absolute Gasteiger partial charge is 0.516 e. The summed E-state index contributed by atoms with van der Waals surface area (Å²) < 4.78 is 192. The molecule has 0 aliphatic carbocycles. The van der Waals surface area contributed by atoms with E-state index in [9.17, 15) is 79.1 Å². The molecule has 0 unspecified atom stereocenters.